The lowest BCUT2D eigenvalue weighted by Gasteiger charge is -2.17. The number of ether oxygens (including phenoxy) is 3. The molecule has 0 radical (unpaired) electrons. The van der Waals surface area contributed by atoms with E-state index < -0.39 is 15.9 Å². The molecule has 0 saturated heterocycles. The van der Waals surface area contributed by atoms with E-state index in [-0.39, 0.29) is 27.6 Å². The Morgan fingerprint density at radius 3 is 2.40 bits per heavy atom. The van der Waals surface area contributed by atoms with Gasteiger partial charge in [0.25, 0.3) is 15.9 Å². The van der Waals surface area contributed by atoms with Crippen molar-refractivity contribution in [3.63, 3.8) is 0 Å². The maximum atomic E-state index is 13.2. The van der Waals surface area contributed by atoms with Crippen LogP contribution in [-0.2, 0) is 10.0 Å². The molecule has 0 aliphatic heterocycles. The number of H-pyrrole nitrogens is 1. The van der Waals surface area contributed by atoms with Crippen LogP contribution in [0.2, 0.25) is 0 Å². The van der Waals surface area contributed by atoms with Gasteiger partial charge >= 0.3 is 0 Å². The number of methoxy groups -OCH3 is 2. The molecule has 11 heteroatoms. The highest BCUT2D eigenvalue weighted by molar-refractivity contribution is 7.92. The molecule has 3 N–H and O–H groups in total. The lowest BCUT2D eigenvalue weighted by atomic mass is 10.1. The highest BCUT2D eigenvalue weighted by Crippen LogP contribution is 2.35. The molecular weight excluding hydrogens is 472 g/mol. The second-order valence-corrected chi connectivity index (χ2v) is 9.07. The monoisotopic (exact) mass is 496 g/mol. The molecule has 0 unspecified atom stereocenters. The number of nitrogens with one attached hydrogen (secondary N) is 3. The summed E-state index contributed by atoms with van der Waals surface area (Å²) >= 11 is 0. The van der Waals surface area contributed by atoms with E-state index in [4.69, 9.17) is 14.2 Å². The van der Waals surface area contributed by atoms with E-state index >= 15 is 0 Å². The van der Waals surface area contributed by atoms with Crippen LogP contribution in [-0.4, -0.2) is 45.3 Å². The Bertz CT molecular complexity index is 1470. The highest BCUT2D eigenvalue weighted by Gasteiger charge is 2.22. The van der Waals surface area contributed by atoms with Gasteiger partial charge in [0.15, 0.2) is 11.5 Å². The molecule has 10 nitrogen and oxygen atoms in total. The fourth-order valence-corrected chi connectivity index (χ4v) is 4.53. The predicted molar refractivity (Wildman–Crippen MR) is 132 cm³/mol. The largest absolute Gasteiger partial charge is 0.494 e. The van der Waals surface area contributed by atoms with E-state index in [1.807, 2.05) is 6.92 Å². The predicted octanol–water partition coefficient (Wildman–Crippen LogP) is 4.03. The Labute approximate surface area is 202 Å². The van der Waals surface area contributed by atoms with E-state index in [1.54, 1.807) is 36.5 Å². The number of hydrogen-bond donors (Lipinski definition) is 3. The summed E-state index contributed by atoms with van der Waals surface area (Å²) in [6, 6.07) is 14.0. The number of carbonyl (C=O) groups excluding carboxylic acids is 1. The average molecular weight is 497 g/mol. The minimum atomic E-state index is -4.03. The smallest absolute Gasteiger partial charge is 0.261 e. The van der Waals surface area contributed by atoms with E-state index in [2.05, 4.69) is 20.2 Å². The van der Waals surface area contributed by atoms with Crippen molar-refractivity contribution in [3.8, 4) is 17.2 Å². The normalized spacial score (nSPS) is 11.2. The molecule has 0 bridgehead atoms. The third-order valence-electron chi connectivity index (χ3n) is 5.16. The van der Waals surface area contributed by atoms with Gasteiger partial charge in [-0.05, 0) is 55.5 Å². The van der Waals surface area contributed by atoms with Crippen molar-refractivity contribution >= 4 is 38.2 Å². The van der Waals surface area contributed by atoms with Crippen LogP contribution in [0.15, 0.2) is 65.7 Å². The van der Waals surface area contributed by atoms with E-state index in [0.717, 1.165) is 10.9 Å². The summed E-state index contributed by atoms with van der Waals surface area (Å²) in [5.74, 6) is 0.533. The topological polar surface area (TPSA) is 132 Å². The molecular formula is C24H24N4O6S. The van der Waals surface area contributed by atoms with Gasteiger partial charge in [-0.25, -0.2) is 8.42 Å². The molecule has 35 heavy (non-hydrogen) atoms. The van der Waals surface area contributed by atoms with Crippen molar-refractivity contribution in [1.82, 2.24) is 10.2 Å². The molecule has 4 rings (SSSR count). The Morgan fingerprint density at radius 1 is 1.00 bits per heavy atom. The van der Waals surface area contributed by atoms with Gasteiger partial charge in [-0.1, -0.05) is 0 Å². The summed E-state index contributed by atoms with van der Waals surface area (Å²) in [7, 11) is -1.19. The van der Waals surface area contributed by atoms with Crippen LogP contribution in [0.25, 0.3) is 10.9 Å². The van der Waals surface area contributed by atoms with Crippen LogP contribution in [0, 0.1) is 0 Å². The van der Waals surface area contributed by atoms with Gasteiger partial charge < -0.3 is 19.5 Å². The molecule has 0 fully saturated rings. The fourth-order valence-electron chi connectivity index (χ4n) is 3.46. The summed E-state index contributed by atoms with van der Waals surface area (Å²) in [4.78, 5) is 13.2. The summed E-state index contributed by atoms with van der Waals surface area (Å²) in [6.07, 6.45) is 1.64. The average Bonchev–Trinajstić information content (AvgIpc) is 3.32. The number of hydrogen-bond acceptors (Lipinski definition) is 7. The number of sulfonamides is 1. The van der Waals surface area contributed by atoms with Crippen molar-refractivity contribution in [2.24, 2.45) is 0 Å². The van der Waals surface area contributed by atoms with Crippen LogP contribution in [0.1, 0.15) is 17.3 Å². The molecule has 0 atom stereocenters. The number of nitrogens with zero attached hydrogens (tertiary/aromatic N) is 1. The quantitative estimate of drug-likeness (QED) is 0.319. The van der Waals surface area contributed by atoms with Gasteiger partial charge in [0.1, 0.15) is 5.75 Å². The lowest BCUT2D eigenvalue weighted by molar-refractivity contribution is 0.102. The zero-order chi connectivity index (χ0) is 25.0. The molecule has 182 valence electrons. The van der Waals surface area contributed by atoms with Crippen LogP contribution in [0.5, 0.6) is 17.2 Å². The first-order chi connectivity index (χ1) is 16.8. The minimum absolute atomic E-state index is 0.00695. The zero-order valence-electron chi connectivity index (χ0n) is 19.3. The summed E-state index contributed by atoms with van der Waals surface area (Å²) in [5.41, 5.74) is 1.40. The first-order valence-corrected chi connectivity index (χ1v) is 12.1. The van der Waals surface area contributed by atoms with Gasteiger partial charge in [-0.2, -0.15) is 5.10 Å². The molecule has 0 aliphatic carbocycles. The first kappa shape index (κ1) is 23.9. The van der Waals surface area contributed by atoms with Gasteiger partial charge in [-0.3, -0.25) is 14.6 Å². The molecule has 0 spiro atoms. The van der Waals surface area contributed by atoms with Crippen LogP contribution in [0.3, 0.4) is 0 Å². The van der Waals surface area contributed by atoms with E-state index in [1.165, 1.54) is 38.5 Å². The summed E-state index contributed by atoms with van der Waals surface area (Å²) < 4.78 is 44.7. The number of anilines is 2. The third-order valence-corrected chi connectivity index (χ3v) is 6.54. The van der Waals surface area contributed by atoms with Gasteiger partial charge in [0, 0.05) is 17.1 Å². The molecule has 1 amide bonds. The van der Waals surface area contributed by atoms with Crippen molar-refractivity contribution in [3.05, 3.63) is 66.4 Å². The van der Waals surface area contributed by atoms with Gasteiger partial charge in [0.05, 0.1) is 48.7 Å². The Balaban J connectivity index is 1.69. The first-order valence-electron chi connectivity index (χ1n) is 10.6. The molecule has 0 saturated carbocycles. The number of carbonyl (C=O) groups is 1. The molecule has 0 aliphatic rings. The number of aromatic amines is 1. The standard InChI is InChI=1S/C24H24N4O6S/c1-4-34-17-6-8-18(9-7-17)35(30,31)28-21-13-23(33-3)22(32-2)12-19(21)24(29)26-16-5-10-20-15(11-16)14-25-27-20/h5-14,28H,4H2,1-3H3,(H,25,27)(H,26,29). The van der Waals surface area contributed by atoms with Crippen molar-refractivity contribution < 1.29 is 27.4 Å². The van der Waals surface area contributed by atoms with Gasteiger partial charge in [0.2, 0.25) is 0 Å². The molecule has 3 aromatic carbocycles. The van der Waals surface area contributed by atoms with E-state index in [9.17, 15) is 13.2 Å². The van der Waals surface area contributed by atoms with Gasteiger partial charge in [-0.15, -0.1) is 0 Å². The number of amides is 1. The van der Waals surface area contributed by atoms with Crippen molar-refractivity contribution in [1.29, 1.82) is 0 Å². The maximum Gasteiger partial charge on any atom is 0.261 e. The minimum Gasteiger partial charge on any atom is -0.494 e. The zero-order valence-corrected chi connectivity index (χ0v) is 20.1. The summed E-state index contributed by atoms with van der Waals surface area (Å²) in [6.45, 7) is 2.30. The molecule has 4 aromatic rings. The van der Waals surface area contributed by atoms with Crippen LogP contribution >= 0.6 is 0 Å². The third kappa shape index (κ3) is 5.14. The lowest BCUT2D eigenvalue weighted by Crippen LogP contribution is -2.19. The number of fused-ring (bicyclic) bond motifs is 1. The number of rotatable bonds is 9. The second kappa shape index (κ2) is 9.94. The van der Waals surface area contributed by atoms with Crippen LogP contribution in [0.4, 0.5) is 11.4 Å². The molecule has 1 aromatic heterocycles. The fraction of sp³-hybridized carbons (Fsp3) is 0.167. The summed E-state index contributed by atoms with van der Waals surface area (Å²) in [5, 5.41) is 10.4. The van der Waals surface area contributed by atoms with Crippen molar-refractivity contribution in [2.75, 3.05) is 30.9 Å². The highest BCUT2D eigenvalue weighted by atomic mass is 32.2. The molecule has 1 heterocycles. The second-order valence-electron chi connectivity index (χ2n) is 7.39. The Hall–Kier alpha value is -4.25. The number of benzene rings is 3. The van der Waals surface area contributed by atoms with Crippen molar-refractivity contribution in [2.45, 2.75) is 11.8 Å². The van der Waals surface area contributed by atoms with E-state index in [0.29, 0.717) is 18.0 Å². The Morgan fingerprint density at radius 2 is 1.71 bits per heavy atom. The SMILES string of the molecule is CCOc1ccc(S(=O)(=O)Nc2cc(OC)c(OC)cc2C(=O)Nc2ccc3[nH]ncc3c2)cc1. The van der Waals surface area contributed by atoms with Crippen LogP contribution < -0.4 is 24.2 Å². The number of aromatic nitrogens is 2. The Kier molecular flexibility index (Phi) is 6.78. The maximum absolute atomic E-state index is 13.2.